The maximum Gasteiger partial charge on any atom is 0.191 e. The molecule has 2 saturated heterocycles. The summed E-state index contributed by atoms with van der Waals surface area (Å²) in [4.78, 5) is 13.8. The van der Waals surface area contributed by atoms with Crippen LogP contribution in [0.15, 0.2) is 40.8 Å². The lowest BCUT2D eigenvalue weighted by Crippen LogP contribution is -2.48. The van der Waals surface area contributed by atoms with Gasteiger partial charge in [-0.1, -0.05) is 6.07 Å². The molecular formula is C21H31IN6OS. The molecule has 2 N–H and O–H groups in total. The fourth-order valence-electron chi connectivity index (χ4n) is 3.89. The number of aliphatic imine (C=N–C) groups is 1. The summed E-state index contributed by atoms with van der Waals surface area (Å²) in [6, 6.07) is 8.91. The minimum Gasteiger partial charge on any atom is -0.378 e. The third-order valence-corrected chi connectivity index (χ3v) is 6.43. The second kappa shape index (κ2) is 11.7. The minimum atomic E-state index is 0. The number of rotatable bonds is 5. The molecular weight excluding hydrogens is 511 g/mol. The quantitative estimate of drug-likeness (QED) is 0.344. The smallest absolute Gasteiger partial charge is 0.191 e. The largest absolute Gasteiger partial charge is 0.378 e. The number of hydrogen-bond acceptors (Lipinski definition) is 6. The van der Waals surface area contributed by atoms with E-state index in [9.17, 15) is 0 Å². The van der Waals surface area contributed by atoms with E-state index in [1.165, 1.54) is 10.6 Å². The molecule has 2 aromatic rings. The molecule has 0 bridgehead atoms. The van der Waals surface area contributed by atoms with E-state index in [1.54, 1.807) is 0 Å². The van der Waals surface area contributed by atoms with Crippen molar-refractivity contribution < 1.29 is 4.74 Å². The van der Waals surface area contributed by atoms with Crippen molar-refractivity contribution in [2.75, 3.05) is 56.2 Å². The molecule has 0 aliphatic carbocycles. The van der Waals surface area contributed by atoms with E-state index in [0.29, 0.717) is 12.6 Å². The topological polar surface area (TPSA) is 65.0 Å². The summed E-state index contributed by atoms with van der Waals surface area (Å²) in [5, 5.41) is 10.6. The Morgan fingerprint density at radius 1 is 1.17 bits per heavy atom. The van der Waals surface area contributed by atoms with Crippen LogP contribution >= 0.6 is 35.3 Å². The second-order valence-corrected chi connectivity index (χ2v) is 8.29. The molecule has 0 unspecified atom stereocenters. The lowest BCUT2D eigenvalue weighted by atomic mass is 10.1. The third-order valence-electron chi connectivity index (χ3n) is 5.50. The molecule has 0 saturated carbocycles. The molecule has 4 heterocycles. The van der Waals surface area contributed by atoms with Gasteiger partial charge >= 0.3 is 0 Å². The summed E-state index contributed by atoms with van der Waals surface area (Å²) in [6.07, 6.45) is 4.10. The molecule has 2 fully saturated rings. The zero-order valence-electron chi connectivity index (χ0n) is 17.4. The van der Waals surface area contributed by atoms with Gasteiger partial charge < -0.3 is 25.2 Å². The molecule has 7 nitrogen and oxygen atoms in total. The highest BCUT2D eigenvalue weighted by Gasteiger charge is 2.21. The Bertz CT molecular complexity index is 789. The first-order chi connectivity index (χ1) is 14.3. The van der Waals surface area contributed by atoms with Crippen molar-refractivity contribution in [1.29, 1.82) is 0 Å². The number of thiophene rings is 1. The van der Waals surface area contributed by atoms with Gasteiger partial charge in [-0.25, -0.2) is 4.98 Å². The van der Waals surface area contributed by atoms with Crippen LogP contribution in [0.25, 0.3) is 0 Å². The van der Waals surface area contributed by atoms with Gasteiger partial charge in [0.15, 0.2) is 5.96 Å². The number of halogens is 1. The highest BCUT2D eigenvalue weighted by molar-refractivity contribution is 14.0. The van der Waals surface area contributed by atoms with E-state index in [2.05, 4.69) is 54.0 Å². The van der Waals surface area contributed by atoms with Crippen molar-refractivity contribution in [2.24, 2.45) is 4.99 Å². The van der Waals surface area contributed by atoms with Crippen LogP contribution in [0.1, 0.15) is 18.4 Å². The zero-order chi connectivity index (χ0) is 19.9. The van der Waals surface area contributed by atoms with Crippen LogP contribution in [0, 0.1) is 0 Å². The first-order valence-corrected chi connectivity index (χ1v) is 11.2. The lowest BCUT2D eigenvalue weighted by Gasteiger charge is -2.33. The number of piperidine rings is 1. The Labute approximate surface area is 199 Å². The summed E-state index contributed by atoms with van der Waals surface area (Å²) in [6.45, 7) is 6.17. The lowest BCUT2D eigenvalue weighted by molar-refractivity contribution is 0.122. The molecule has 9 heteroatoms. The standard InChI is InChI=1S/C21H30N6OS.HI/c1-22-21(25-18-6-9-26(10-7-18)19-5-3-15-29-19)24-16-17-4-2-8-23-20(17)27-11-13-28-14-12-27;/h2-5,8,15,18H,6-7,9-14,16H2,1H3,(H2,22,24,25);1H. The number of aromatic nitrogens is 1. The van der Waals surface area contributed by atoms with Crippen LogP contribution in [-0.2, 0) is 11.3 Å². The third kappa shape index (κ3) is 5.98. The number of nitrogens with zero attached hydrogens (tertiary/aromatic N) is 4. The number of pyridine rings is 1. The van der Waals surface area contributed by atoms with Gasteiger partial charge in [-0.3, -0.25) is 4.99 Å². The SMILES string of the molecule is CN=C(NCc1cccnc1N1CCOCC1)NC1CCN(c2cccs2)CC1.I. The van der Waals surface area contributed by atoms with Crippen molar-refractivity contribution >= 4 is 52.1 Å². The summed E-state index contributed by atoms with van der Waals surface area (Å²) in [5.74, 6) is 1.90. The van der Waals surface area contributed by atoms with Crippen LogP contribution in [0.2, 0.25) is 0 Å². The Kier molecular flexibility index (Phi) is 9.01. The Morgan fingerprint density at radius 2 is 1.97 bits per heavy atom. The number of nitrogens with one attached hydrogen (secondary N) is 2. The number of anilines is 2. The zero-order valence-corrected chi connectivity index (χ0v) is 20.6. The van der Waals surface area contributed by atoms with Gasteiger partial charge in [0, 0.05) is 57.6 Å². The van der Waals surface area contributed by atoms with Gasteiger partial charge in [-0.05, 0) is 36.4 Å². The number of guanidine groups is 1. The van der Waals surface area contributed by atoms with Crippen molar-refractivity contribution in [1.82, 2.24) is 15.6 Å². The molecule has 0 radical (unpaired) electrons. The van der Waals surface area contributed by atoms with Gasteiger partial charge in [-0.15, -0.1) is 35.3 Å². The summed E-state index contributed by atoms with van der Waals surface area (Å²) in [5.41, 5.74) is 1.19. The molecule has 2 aromatic heterocycles. The van der Waals surface area contributed by atoms with E-state index < -0.39 is 0 Å². The van der Waals surface area contributed by atoms with E-state index in [0.717, 1.165) is 64.0 Å². The second-order valence-electron chi connectivity index (χ2n) is 7.37. The fraction of sp³-hybridized carbons (Fsp3) is 0.524. The first kappa shape index (κ1) is 23.1. The fourth-order valence-corrected chi connectivity index (χ4v) is 4.67. The van der Waals surface area contributed by atoms with E-state index in [4.69, 9.17) is 4.74 Å². The van der Waals surface area contributed by atoms with Crippen molar-refractivity contribution in [3.8, 4) is 0 Å². The normalized spacial score (nSPS) is 18.1. The van der Waals surface area contributed by atoms with Gasteiger partial charge in [0.25, 0.3) is 0 Å². The molecule has 2 aliphatic rings. The molecule has 0 amide bonds. The molecule has 0 atom stereocenters. The first-order valence-electron chi connectivity index (χ1n) is 10.4. The van der Waals surface area contributed by atoms with E-state index >= 15 is 0 Å². The average Bonchev–Trinajstić information content (AvgIpc) is 3.33. The average molecular weight is 542 g/mol. The van der Waals surface area contributed by atoms with Crippen LogP contribution < -0.4 is 20.4 Å². The highest BCUT2D eigenvalue weighted by Crippen LogP contribution is 2.25. The predicted octanol–water partition coefficient (Wildman–Crippen LogP) is 2.93. The summed E-state index contributed by atoms with van der Waals surface area (Å²) in [7, 11) is 1.84. The Hall–Kier alpha value is -1.59. The molecule has 0 aromatic carbocycles. The van der Waals surface area contributed by atoms with Crippen molar-refractivity contribution in [2.45, 2.75) is 25.4 Å². The molecule has 0 spiro atoms. The van der Waals surface area contributed by atoms with Crippen LogP contribution in [0.5, 0.6) is 0 Å². The van der Waals surface area contributed by atoms with Gasteiger partial charge in [0.05, 0.1) is 18.2 Å². The molecule has 30 heavy (non-hydrogen) atoms. The Balaban J connectivity index is 0.00000256. The highest BCUT2D eigenvalue weighted by atomic mass is 127. The maximum atomic E-state index is 5.48. The van der Waals surface area contributed by atoms with Crippen molar-refractivity contribution in [3.63, 3.8) is 0 Å². The van der Waals surface area contributed by atoms with Gasteiger partial charge in [-0.2, -0.15) is 0 Å². The monoisotopic (exact) mass is 542 g/mol. The van der Waals surface area contributed by atoms with Crippen molar-refractivity contribution in [3.05, 3.63) is 41.4 Å². The van der Waals surface area contributed by atoms with Crippen LogP contribution in [-0.4, -0.2) is 63.4 Å². The molecule has 2 aliphatic heterocycles. The predicted molar refractivity (Wildman–Crippen MR) is 136 cm³/mol. The summed E-state index contributed by atoms with van der Waals surface area (Å²) < 4.78 is 5.48. The summed E-state index contributed by atoms with van der Waals surface area (Å²) >= 11 is 1.82. The van der Waals surface area contributed by atoms with Gasteiger partial charge in [0.1, 0.15) is 5.82 Å². The minimum absolute atomic E-state index is 0. The van der Waals surface area contributed by atoms with E-state index in [1.807, 2.05) is 30.6 Å². The van der Waals surface area contributed by atoms with Crippen LogP contribution in [0.4, 0.5) is 10.8 Å². The number of morpholine rings is 1. The Morgan fingerprint density at radius 3 is 2.67 bits per heavy atom. The van der Waals surface area contributed by atoms with Crippen LogP contribution in [0.3, 0.4) is 0 Å². The number of hydrogen-bond donors (Lipinski definition) is 2. The number of ether oxygens (including phenoxy) is 1. The molecule has 4 rings (SSSR count). The maximum absolute atomic E-state index is 5.48. The molecule has 164 valence electrons. The van der Waals surface area contributed by atoms with E-state index in [-0.39, 0.29) is 24.0 Å². The van der Waals surface area contributed by atoms with Gasteiger partial charge in [0.2, 0.25) is 0 Å².